The zero-order chi connectivity index (χ0) is 9.68. The molecule has 0 atom stereocenters. The Morgan fingerprint density at radius 1 is 1.38 bits per heavy atom. The number of aliphatic hydroxyl groups is 1. The van der Waals surface area contributed by atoms with Crippen LogP contribution in [-0.4, -0.2) is 24.0 Å². The quantitative estimate of drug-likeness (QED) is 0.537. The lowest BCUT2D eigenvalue weighted by atomic mass is 10.1. The number of anilines is 1. The molecule has 0 aliphatic heterocycles. The van der Waals surface area contributed by atoms with E-state index in [1.165, 1.54) is 0 Å². The number of hydrogen-bond acceptors (Lipinski definition) is 3. The molecule has 0 spiro atoms. The van der Waals surface area contributed by atoms with Crippen molar-refractivity contribution in [3.63, 3.8) is 0 Å². The molecule has 13 heavy (non-hydrogen) atoms. The zero-order valence-corrected chi connectivity index (χ0v) is 7.70. The van der Waals surface area contributed by atoms with Gasteiger partial charge in [-0.3, -0.25) is 4.99 Å². The zero-order valence-electron chi connectivity index (χ0n) is 7.70. The van der Waals surface area contributed by atoms with Crippen LogP contribution in [0.15, 0.2) is 29.3 Å². The fourth-order valence-electron chi connectivity index (χ4n) is 1.03. The lowest BCUT2D eigenvalue weighted by Crippen LogP contribution is -1.98. The van der Waals surface area contributed by atoms with Crippen LogP contribution >= 0.6 is 0 Å². The van der Waals surface area contributed by atoms with Gasteiger partial charge >= 0.3 is 0 Å². The third-order valence-electron chi connectivity index (χ3n) is 1.78. The van der Waals surface area contributed by atoms with Gasteiger partial charge in [0, 0.05) is 11.4 Å². The van der Waals surface area contributed by atoms with Crippen molar-refractivity contribution in [1.29, 1.82) is 0 Å². The molecule has 1 rings (SSSR count). The Morgan fingerprint density at radius 3 is 2.54 bits per heavy atom. The number of rotatable bonds is 3. The van der Waals surface area contributed by atoms with Gasteiger partial charge in [0.15, 0.2) is 0 Å². The SMILES string of the molecule is C/C(=N\CCO)c1ccc(N)cc1. The molecular weight excluding hydrogens is 164 g/mol. The largest absolute Gasteiger partial charge is 0.399 e. The van der Waals surface area contributed by atoms with Crippen molar-refractivity contribution in [3.05, 3.63) is 29.8 Å². The molecule has 70 valence electrons. The standard InChI is InChI=1S/C10H14N2O/c1-8(12-6-7-13)9-2-4-10(11)5-3-9/h2-5,13H,6-7,11H2,1H3/b12-8+. The van der Waals surface area contributed by atoms with Gasteiger partial charge in [0.2, 0.25) is 0 Å². The highest BCUT2D eigenvalue weighted by Gasteiger charge is 1.95. The van der Waals surface area contributed by atoms with Gasteiger partial charge in [0.25, 0.3) is 0 Å². The van der Waals surface area contributed by atoms with Crippen molar-refractivity contribution < 1.29 is 5.11 Å². The highest BCUT2D eigenvalue weighted by molar-refractivity contribution is 5.98. The first-order valence-corrected chi connectivity index (χ1v) is 4.22. The highest BCUT2D eigenvalue weighted by atomic mass is 16.3. The Kier molecular flexibility index (Phi) is 3.46. The normalized spacial score (nSPS) is 11.7. The van der Waals surface area contributed by atoms with Gasteiger partial charge in [-0.15, -0.1) is 0 Å². The van der Waals surface area contributed by atoms with Crippen molar-refractivity contribution in [1.82, 2.24) is 0 Å². The number of nitrogen functional groups attached to an aromatic ring is 1. The molecule has 0 fully saturated rings. The van der Waals surface area contributed by atoms with Gasteiger partial charge in [-0.2, -0.15) is 0 Å². The van der Waals surface area contributed by atoms with Crippen LogP contribution in [0.2, 0.25) is 0 Å². The van der Waals surface area contributed by atoms with E-state index >= 15 is 0 Å². The molecule has 0 amide bonds. The Bertz CT molecular complexity index is 290. The van der Waals surface area contributed by atoms with Crippen LogP contribution in [0.4, 0.5) is 5.69 Å². The molecule has 3 nitrogen and oxygen atoms in total. The van der Waals surface area contributed by atoms with E-state index in [4.69, 9.17) is 10.8 Å². The van der Waals surface area contributed by atoms with Crippen molar-refractivity contribution >= 4 is 11.4 Å². The lowest BCUT2D eigenvalue weighted by Gasteiger charge is -2.00. The first-order valence-electron chi connectivity index (χ1n) is 4.22. The molecule has 1 aromatic rings. The number of hydrogen-bond donors (Lipinski definition) is 2. The second-order valence-electron chi connectivity index (χ2n) is 2.81. The summed E-state index contributed by atoms with van der Waals surface area (Å²) < 4.78 is 0. The Morgan fingerprint density at radius 2 is 2.00 bits per heavy atom. The van der Waals surface area contributed by atoms with E-state index in [9.17, 15) is 0 Å². The molecule has 0 saturated carbocycles. The molecule has 0 radical (unpaired) electrons. The smallest absolute Gasteiger partial charge is 0.0627 e. The van der Waals surface area contributed by atoms with Gasteiger partial charge in [-0.1, -0.05) is 12.1 Å². The summed E-state index contributed by atoms with van der Waals surface area (Å²) in [6.07, 6.45) is 0. The molecule has 3 heteroatoms. The molecule has 0 aliphatic rings. The maximum Gasteiger partial charge on any atom is 0.0627 e. The molecule has 1 aromatic carbocycles. The molecular formula is C10H14N2O. The molecule has 0 aliphatic carbocycles. The topological polar surface area (TPSA) is 58.6 Å². The number of nitrogens with zero attached hydrogens (tertiary/aromatic N) is 1. The predicted molar refractivity (Wildman–Crippen MR) is 55.0 cm³/mol. The molecule has 0 aromatic heterocycles. The first kappa shape index (κ1) is 9.74. The Balaban J connectivity index is 2.77. The number of nitrogens with two attached hydrogens (primary N) is 1. The average Bonchev–Trinajstić information content (AvgIpc) is 2.15. The van der Waals surface area contributed by atoms with Gasteiger partial charge in [-0.25, -0.2) is 0 Å². The Labute approximate surface area is 77.9 Å². The van der Waals surface area contributed by atoms with E-state index in [0.717, 1.165) is 17.0 Å². The molecule has 0 saturated heterocycles. The van der Waals surface area contributed by atoms with Crippen LogP contribution in [0.1, 0.15) is 12.5 Å². The van der Waals surface area contributed by atoms with Crippen molar-refractivity contribution in [2.75, 3.05) is 18.9 Å². The van der Waals surface area contributed by atoms with Crippen LogP contribution in [0.25, 0.3) is 0 Å². The second-order valence-corrected chi connectivity index (χ2v) is 2.81. The van der Waals surface area contributed by atoms with E-state index in [-0.39, 0.29) is 6.61 Å². The number of benzene rings is 1. The van der Waals surface area contributed by atoms with Crippen molar-refractivity contribution in [2.45, 2.75) is 6.92 Å². The molecule has 0 bridgehead atoms. The van der Waals surface area contributed by atoms with Crippen LogP contribution in [0, 0.1) is 0 Å². The summed E-state index contributed by atoms with van der Waals surface area (Å²) >= 11 is 0. The van der Waals surface area contributed by atoms with E-state index in [1.807, 2.05) is 31.2 Å². The summed E-state index contributed by atoms with van der Waals surface area (Å²) in [4.78, 5) is 4.17. The summed E-state index contributed by atoms with van der Waals surface area (Å²) in [6.45, 7) is 2.46. The summed E-state index contributed by atoms with van der Waals surface area (Å²) in [5.41, 5.74) is 8.27. The summed E-state index contributed by atoms with van der Waals surface area (Å²) in [5, 5.41) is 8.58. The summed E-state index contributed by atoms with van der Waals surface area (Å²) in [6, 6.07) is 7.53. The Hall–Kier alpha value is -1.35. The second kappa shape index (κ2) is 4.62. The van der Waals surface area contributed by atoms with Crippen LogP contribution in [0.5, 0.6) is 0 Å². The van der Waals surface area contributed by atoms with Gasteiger partial charge < -0.3 is 10.8 Å². The van der Waals surface area contributed by atoms with Crippen LogP contribution < -0.4 is 5.73 Å². The van der Waals surface area contributed by atoms with Crippen LogP contribution in [-0.2, 0) is 0 Å². The fourth-order valence-corrected chi connectivity index (χ4v) is 1.03. The van der Waals surface area contributed by atoms with Crippen molar-refractivity contribution in [3.8, 4) is 0 Å². The summed E-state index contributed by atoms with van der Waals surface area (Å²) in [5.74, 6) is 0. The maximum atomic E-state index is 8.58. The first-order chi connectivity index (χ1) is 6.24. The maximum absolute atomic E-state index is 8.58. The van der Waals surface area contributed by atoms with Gasteiger partial charge in [0.05, 0.1) is 13.2 Å². The van der Waals surface area contributed by atoms with Gasteiger partial charge in [-0.05, 0) is 24.6 Å². The monoisotopic (exact) mass is 178 g/mol. The highest BCUT2D eigenvalue weighted by Crippen LogP contribution is 2.06. The predicted octanol–water partition coefficient (Wildman–Crippen LogP) is 1.07. The van der Waals surface area contributed by atoms with Crippen LogP contribution in [0.3, 0.4) is 0 Å². The fraction of sp³-hybridized carbons (Fsp3) is 0.300. The minimum absolute atomic E-state index is 0.0896. The van der Waals surface area contributed by atoms with E-state index in [2.05, 4.69) is 4.99 Å². The van der Waals surface area contributed by atoms with Crippen molar-refractivity contribution in [2.24, 2.45) is 4.99 Å². The lowest BCUT2D eigenvalue weighted by molar-refractivity contribution is 0.307. The third kappa shape index (κ3) is 2.87. The summed E-state index contributed by atoms with van der Waals surface area (Å²) in [7, 11) is 0. The molecule has 0 unspecified atom stereocenters. The minimum Gasteiger partial charge on any atom is -0.399 e. The third-order valence-corrected chi connectivity index (χ3v) is 1.78. The molecule has 3 N–H and O–H groups in total. The van der Waals surface area contributed by atoms with E-state index < -0.39 is 0 Å². The van der Waals surface area contributed by atoms with E-state index in [1.54, 1.807) is 0 Å². The number of aliphatic hydroxyl groups excluding tert-OH is 1. The number of aliphatic imine (C=N–C) groups is 1. The van der Waals surface area contributed by atoms with Gasteiger partial charge in [0.1, 0.15) is 0 Å². The minimum atomic E-state index is 0.0896. The van der Waals surface area contributed by atoms with E-state index in [0.29, 0.717) is 6.54 Å². The average molecular weight is 178 g/mol. The molecule has 0 heterocycles.